The van der Waals surface area contributed by atoms with Gasteiger partial charge in [0.2, 0.25) is 0 Å². The third-order valence-electron chi connectivity index (χ3n) is 4.19. The second kappa shape index (κ2) is 4.85. The van der Waals surface area contributed by atoms with E-state index in [1.54, 1.807) is 0 Å². The van der Waals surface area contributed by atoms with Gasteiger partial charge in [-0.1, -0.05) is 0 Å². The van der Waals surface area contributed by atoms with Crippen LogP contribution in [0.15, 0.2) is 18.2 Å². The summed E-state index contributed by atoms with van der Waals surface area (Å²) < 4.78 is 5.47. The van der Waals surface area contributed by atoms with Gasteiger partial charge in [0.25, 0.3) is 5.91 Å². The molecule has 19 heavy (non-hydrogen) atoms. The Labute approximate surface area is 113 Å². The number of hydrogen-bond acceptors (Lipinski definition) is 3. The molecule has 102 valence electrons. The van der Waals surface area contributed by atoms with Gasteiger partial charge >= 0.3 is 0 Å². The highest BCUT2D eigenvalue weighted by molar-refractivity contribution is 5.94. The smallest absolute Gasteiger partial charge is 0.253 e. The van der Waals surface area contributed by atoms with Crippen LogP contribution < -0.4 is 10.5 Å². The Hall–Kier alpha value is -1.55. The predicted molar refractivity (Wildman–Crippen MR) is 73.3 cm³/mol. The van der Waals surface area contributed by atoms with Crippen molar-refractivity contribution >= 4 is 5.91 Å². The number of fused-ring (bicyclic) bond motifs is 1. The van der Waals surface area contributed by atoms with Crippen LogP contribution in [0, 0.1) is 5.92 Å². The molecule has 2 unspecified atom stereocenters. The molecule has 1 amide bonds. The van der Waals surface area contributed by atoms with E-state index in [1.165, 1.54) is 0 Å². The largest absolute Gasteiger partial charge is 0.493 e. The lowest BCUT2D eigenvalue weighted by Crippen LogP contribution is -2.33. The topological polar surface area (TPSA) is 55.6 Å². The van der Waals surface area contributed by atoms with Gasteiger partial charge in [-0.05, 0) is 43.0 Å². The SMILES string of the molecule is CC(N)C1CCN(C(=O)c2ccc3c(c2)CCO3)C1. The Morgan fingerprint density at radius 3 is 3.11 bits per heavy atom. The van der Waals surface area contributed by atoms with Gasteiger partial charge in [-0.2, -0.15) is 0 Å². The summed E-state index contributed by atoms with van der Waals surface area (Å²) in [6.07, 6.45) is 1.91. The van der Waals surface area contributed by atoms with Gasteiger partial charge in [-0.3, -0.25) is 4.79 Å². The van der Waals surface area contributed by atoms with Gasteiger partial charge in [0, 0.05) is 31.1 Å². The number of benzene rings is 1. The highest BCUT2D eigenvalue weighted by Crippen LogP contribution is 2.27. The number of amides is 1. The van der Waals surface area contributed by atoms with Crippen molar-refractivity contribution in [3.63, 3.8) is 0 Å². The molecule has 1 aromatic rings. The van der Waals surface area contributed by atoms with Crippen LogP contribution >= 0.6 is 0 Å². The first-order valence-electron chi connectivity index (χ1n) is 6.96. The molecule has 4 heteroatoms. The Morgan fingerprint density at radius 2 is 2.37 bits per heavy atom. The molecule has 2 aliphatic heterocycles. The van der Waals surface area contributed by atoms with E-state index in [0.29, 0.717) is 5.92 Å². The summed E-state index contributed by atoms with van der Waals surface area (Å²) in [7, 11) is 0. The van der Waals surface area contributed by atoms with Crippen LogP contribution in [0.5, 0.6) is 5.75 Å². The van der Waals surface area contributed by atoms with Crippen molar-refractivity contribution in [2.45, 2.75) is 25.8 Å². The molecule has 0 radical (unpaired) electrons. The van der Waals surface area contributed by atoms with Crippen molar-refractivity contribution in [1.82, 2.24) is 4.90 Å². The van der Waals surface area contributed by atoms with E-state index >= 15 is 0 Å². The Bertz CT molecular complexity index is 499. The number of carbonyl (C=O) groups excluding carboxylic acids is 1. The molecular formula is C15H20N2O2. The number of rotatable bonds is 2. The van der Waals surface area contributed by atoms with Crippen LogP contribution in [0.1, 0.15) is 29.3 Å². The molecule has 1 fully saturated rings. The molecule has 0 spiro atoms. The molecule has 2 atom stereocenters. The monoisotopic (exact) mass is 260 g/mol. The van der Waals surface area contributed by atoms with Crippen LogP contribution in [0.2, 0.25) is 0 Å². The summed E-state index contributed by atoms with van der Waals surface area (Å²) >= 11 is 0. The molecule has 2 heterocycles. The van der Waals surface area contributed by atoms with Crippen LogP contribution in [-0.4, -0.2) is 36.5 Å². The zero-order valence-corrected chi connectivity index (χ0v) is 11.3. The summed E-state index contributed by atoms with van der Waals surface area (Å²) in [4.78, 5) is 14.4. The third-order valence-corrected chi connectivity index (χ3v) is 4.19. The molecule has 2 N–H and O–H groups in total. The molecule has 0 saturated carbocycles. The average Bonchev–Trinajstić information content (AvgIpc) is 3.06. The summed E-state index contributed by atoms with van der Waals surface area (Å²) in [6, 6.07) is 5.91. The minimum absolute atomic E-state index is 0.123. The maximum atomic E-state index is 12.5. The van der Waals surface area contributed by atoms with Gasteiger partial charge in [-0.15, -0.1) is 0 Å². The van der Waals surface area contributed by atoms with Gasteiger partial charge in [0.05, 0.1) is 6.61 Å². The number of nitrogens with zero attached hydrogens (tertiary/aromatic N) is 1. The Balaban J connectivity index is 1.74. The molecule has 3 rings (SSSR count). The summed E-state index contributed by atoms with van der Waals surface area (Å²) in [5, 5.41) is 0. The van der Waals surface area contributed by atoms with Gasteiger partial charge in [-0.25, -0.2) is 0 Å². The summed E-state index contributed by atoms with van der Waals surface area (Å²) in [6.45, 7) is 4.34. The fourth-order valence-corrected chi connectivity index (χ4v) is 2.90. The van der Waals surface area contributed by atoms with Crippen molar-refractivity contribution in [1.29, 1.82) is 0 Å². The van der Waals surface area contributed by atoms with Gasteiger partial charge < -0.3 is 15.4 Å². The van der Waals surface area contributed by atoms with E-state index in [1.807, 2.05) is 30.0 Å². The fraction of sp³-hybridized carbons (Fsp3) is 0.533. The minimum Gasteiger partial charge on any atom is -0.493 e. The van der Waals surface area contributed by atoms with E-state index in [2.05, 4.69) is 0 Å². The van der Waals surface area contributed by atoms with E-state index in [4.69, 9.17) is 10.5 Å². The molecule has 0 aromatic heterocycles. The Morgan fingerprint density at radius 1 is 1.53 bits per heavy atom. The van der Waals surface area contributed by atoms with Gasteiger partial charge in [0.15, 0.2) is 0 Å². The fourth-order valence-electron chi connectivity index (χ4n) is 2.90. The van der Waals surface area contributed by atoms with Gasteiger partial charge in [0.1, 0.15) is 5.75 Å². The van der Waals surface area contributed by atoms with Crippen molar-refractivity contribution in [2.24, 2.45) is 11.7 Å². The number of hydrogen-bond donors (Lipinski definition) is 1. The lowest BCUT2D eigenvalue weighted by molar-refractivity contribution is 0.0786. The number of nitrogens with two attached hydrogens (primary N) is 1. The highest BCUT2D eigenvalue weighted by Gasteiger charge is 2.29. The lowest BCUT2D eigenvalue weighted by Gasteiger charge is -2.18. The lowest BCUT2D eigenvalue weighted by atomic mass is 10.0. The average molecular weight is 260 g/mol. The molecule has 4 nitrogen and oxygen atoms in total. The third kappa shape index (κ3) is 2.32. The van der Waals surface area contributed by atoms with E-state index in [-0.39, 0.29) is 11.9 Å². The zero-order valence-electron chi connectivity index (χ0n) is 11.3. The van der Waals surface area contributed by atoms with Crippen LogP contribution in [-0.2, 0) is 6.42 Å². The van der Waals surface area contributed by atoms with Crippen molar-refractivity contribution in [3.05, 3.63) is 29.3 Å². The minimum atomic E-state index is 0.123. The number of carbonyl (C=O) groups is 1. The number of likely N-dealkylation sites (tertiary alicyclic amines) is 1. The summed E-state index contributed by atoms with van der Waals surface area (Å²) in [5.74, 6) is 1.48. The maximum Gasteiger partial charge on any atom is 0.253 e. The quantitative estimate of drug-likeness (QED) is 0.875. The van der Waals surface area contributed by atoms with Crippen molar-refractivity contribution in [2.75, 3.05) is 19.7 Å². The van der Waals surface area contributed by atoms with Crippen LogP contribution in [0.25, 0.3) is 0 Å². The zero-order chi connectivity index (χ0) is 13.4. The predicted octanol–water partition coefficient (Wildman–Crippen LogP) is 1.43. The molecule has 0 bridgehead atoms. The molecule has 2 aliphatic rings. The van der Waals surface area contributed by atoms with Crippen LogP contribution in [0.3, 0.4) is 0 Å². The Kier molecular flexibility index (Phi) is 3.19. The second-order valence-corrected chi connectivity index (χ2v) is 5.58. The molecular weight excluding hydrogens is 240 g/mol. The molecule has 0 aliphatic carbocycles. The van der Waals surface area contributed by atoms with E-state index < -0.39 is 0 Å². The standard InChI is InChI=1S/C15H20N2O2/c1-10(16)13-4-6-17(9-13)15(18)12-2-3-14-11(8-12)5-7-19-14/h2-3,8,10,13H,4-7,9,16H2,1H3. The highest BCUT2D eigenvalue weighted by atomic mass is 16.5. The van der Waals surface area contributed by atoms with Crippen LogP contribution in [0.4, 0.5) is 0 Å². The van der Waals surface area contributed by atoms with E-state index in [9.17, 15) is 4.79 Å². The first-order valence-corrected chi connectivity index (χ1v) is 6.96. The second-order valence-electron chi connectivity index (χ2n) is 5.58. The van der Waals surface area contributed by atoms with Crippen molar-refractivity contribution in [3.8, 4) is 5.75 Å². The molecule has 1 aromatic carbocycles. The molecule has 1 saturated heterocycles. The first-order chi connectivity index (χ1) is 9.15. The van der Waals surface area contributed by atoms with Crippen molar-refractivity contribution < 1.29 is 9.53 Å². The maximum absolute atomic E-state index is 12.5. The van der Waals surface area contributed by atoms with E-state index in [0.717, 1.165) is 49.4 Å². The first kappa shape index (κ1) is 12.5. The summed E-state index contributed by atoms with van der Waals surface area (Å²) in [5.41, 5.74) is 7.84. The number of ether oxygens (including phenoxy) is 1. The normalized spacial score (nSPS) is 23.1.